The maximum absolute atomic E-state index is 13.4. The van der Waals surface area contributed by atoms with Gasteiger partial charge in [0, 0.05) is 24.6 Å². The first-order chi connectivity index (χ1) is 9.91. The smallest absolute Gasteiger partial charge is 0.238 e. The van der Waals surface area contributed by atoms with Crippen molar-refractivity contribution in [3.05, 3.63) is 29.1 Å². The van der Waals surface area contributed by atoms with Gasteiger partial charge in [-0.2, -0.15) is 11.8 Å². The van der Waals surface area contributed by atoms with Crippen LogP contribution in [-0.2, 0) is 4.79 Å². The van der Waals surface area contributed by atoms with Crippen molar-refractivity contribution in [2.75, 3.05) is 36.5 Å². The summed E-state index contributed by atoms with van der Waals surface area (Å²) in [6.45, 7) is 1.07. The number of hydrogen-bond acceptors (Lipinski definition) is 3. The third-order valence-corrected chi connectivity index (χ3v) is 3.89. The average molecular weight is 326 g/mol. The fourth-order valence-corrected chi connectivity index (χ4v) is 2.83. The molecule has 0 spiro atoms. The molecule has 0 aromatic heterocycles. The molecule has 116 valence electrons. The van der Waals surface area contributed by atoms with Crippen molar-refractivity contribution in [1.29, 1.82) is 0 Å². The molecule has 1 heterocycles. The number of benzene rings is 1. The van der Waals surface area contributed by atoms with E-state index in [2.05, 4.69) is 0 Å². The molecule has 1 aromatic rings. The maximum atomic E-state index is 13.4. The summed E-state index contributed by atoms with van der Waals surface area (Å²) in [5.41, 5.74) is -1.32. The van der Waals surface area contributed by atoms with E-state index in [9.17, 15) is 26.7 Å². The topological polar surface area (TPSA) is 32.3 Å². The van der Waals surface area contributed by atoms with Crippen molar-refractivity contribution in [3.8, 4) is 0 Å². The Morgan fingerprint density at radius 3 is 1.95 bits per heavy atom. The second-order valence-electron chi connectivity index (χ2n) is 4.38. The molecular formula is C12H11F5N2OS. The second kappa shape index (κ2) is 6.61. The summed E-state index contributed by atoms with van der Waals surface area (Å²) in [4.78, 5) is 13.4. The Morgan fingerprint density at radius 2 is 1.43 bits per heavy atom. The molecule has 9 heteroatoms. The van der Waals surface area contributed by atoms with Gasteiger partial charge < -0.3 is 5.32 Å². The molecule has 1 saturated heterocycles. The number of nitrogens with zero attached hydrogens (tertiary/aromatic N) is 1. The van der Waals surface area contributed by atoms with Crippen LogP contribution >= 0.6 is 11.8 Å². The summed E-state index contributed by atoms with van der Waals surface area (Å²) in [6, 6.07) is 0. The van der Waals surface area contributed by atoms with Gasteiger partial charge in [-0.25, -0.2) is 22.0 Å². The third-order valence-electron chi connectivity index (χ3n) is 2.95. The number of anilines is 1. The van der Waals surface area contributed by atoms with E-state index in [4.69, 9.17) is 0 Å². The Bertz CT molecular complexity index is 534. The Balaban J connectivity index is 2.13. The van der Waals surface area contributed by atoms with Crippen molar-refractivity contribution < 1.29 is 26.7 Å². The Labute approximate surface area is 121 Å². The lowest BCUT2D eigenvalue weighted by Gasteiger charge is -2.25. The predicted molar refractivity (Wildman–Crippen MR) is 68.6 cm³/mol. The molecule has 3 nitrogen and oxygen atoms in total. The number of hydrogen-bond donors (Lipinski definition) is 1. The Morgan fingerprint density at radius 1 is 0.952 bits per heavy atom. The van der Waals surface area contributed by atoms with Crippen molar-refractivity contribution >= 4 is 23.4 Å². The molecule has 1 aliphatic rings. The summed E-state index contributed by atoms with van der Waals surface area (Å²) in [7, 11) is 0. The van der Waals surface area contributed by atoms with Gasteiger partial charge in [0.15, 0.2) is 23.3 Å². The number of rotatable bonds is 3. The molecule has 0 saturated carbocycles. The van der Waals surface area contributed by atoms with E-state index in [0.29, 0.717) is 13.1 Å². The van der Waals surface area contributed by atoms with Crippen LogP contribution in [0.2, 0.25) is 0 Å². The number of amides is 1. The molecule has 0 atom stereocenters. The SMILES string of the molecule is O=C(CN1CCSCC1)Nc1c(F)c(F)c(F)c(F)c1F. The van der Waals surface area contributed by atoms with Crippen molar-refractivity contribution in [1.82, 2.24) is 4.90 Å². The van der Waals surface area contributed by atoms with E-state index in [-0.39, 0.29) is 6.54 Å². The highest BCUT2D eigenvalue weighted by molar-refractivity contribution is 7.99. The quantitative estimate of drug-likeness (QED) is 0.526. The van der Waals surface area contributed by atoms with Crippen LogP contribution in [0, 0.1) is 29.1 Å². The molecule has 0 unspecified atom stereocenters. The number of nitrogens with one attached hydrogen (secondary N) is 1. The number of carbonyl (C=O) groups is 1. The van der Waals surface area contributed by atoms with Crippen LogP contribution in [0.3, 0.4) is 0 Å². The van der Waals surface area contributed by atoms with E-state index in [1.807, 2.05) is 0 Å². The van der Waals surface area contributed by atoms with E-state index < -0.39 is 40.7 Å². The number of carbonyl (C=O) groups excluding carboxylic acids is 1. The third kappa shape index (κ3) is 3.46. The summed E-state index contributed by atoms with van der Waals surface area (Å²) in [5.74, 6) is -9.72. The molecule has 0 radical (unpaired) electrons. The van der Waals surface area contributed by atoms with Crippen LogP contribution in [0.5, 0.6) is 0 Å². The van der Waals surface area contributed by atoms with Gasteiger partial charge in [0.25, 0.3) is 0 Å². The largest absolute Gasteiger partial charge is 0.320 e. The van der Waals surface area contributed by atoms with Gasteiger partial charge in [-0.1, -0.05) is 0 Å². The molecule has 1 fully saturated rings. The zero-order valence-corrected chi connectivity index (χ0v) is 11.5. The van der Waals surface area contributed by atoms with Gasteiger partial charge in [0.05, 0.1) is 6.54 Å². The molecule has 21 heavy (non-hydrogen) atoms. The maximum Gasteiger partial charge on any atom is 0.238 e. The lowest BCUT2D eigenvalue weighted by atomic mass is 10.2. The normalized spacial score (nSPS) is 16.0. The molecular weight excluding hydrogens is 315 g/mol. The van der Waals surface area contributed by atoms with Crippen molar-refractivity contribution in [2.24, 2.45) is 0 Å². The Kier molecular flexibility index (Phi) is 5.04. The summed E-state index contributed by atoms with van der Waals surface area (Å²) < 4.78 is 65.6. The summed E-state index contributed by atoms with van der Waals surface area (Å²) in [6.07, 6.45) is 0. The molecule has 1 amide bonds. The zero-order chi connectivity index (χ0) is 15.6. The predicted octanol–water partition coefficient (Wildman–Crippen LogP) is 2.37. The van der Waals surface area contributed by atoms with E-state index in [1.165, 1.54) is 0 Å². The minimum absolute atomic E-state index is 0.167. The first-order valence-corrected chi connectivity index (χ1v) is 7.18. The molecule has 0 aliphatic carbocycles. The first-order valence-electron chi connectivity index (χ1n) is 6.03. The molecule has 2 rings (SSSR count). The standard InChI is InChI=1S/C12H11F5N2OS/c13-7-8(14)10(16)12(11(17)9(7)15)18-6(20)5-19-1-3-21-4-2-19/h1-5H2,(H,18,20). The van der Waals surface area contributed by atoms with Gasteiger partial charge >= 0.3 is 0 Å². The second-order valence-corrected chi connectivity index (χ2v) is 5.61. The Hall–Kier alpha value is -1.35. The first kappa shape index (κ1) is 16.0. The molecule has 1 N–H and O–H groups in total. The van der Waals surface area contributed by atoms with E-state index >= 15 is 0 Å². The molecule has 1 aliphatic heterocycles. The zero-order valence-electron chi connectivity index (χ0n) is 10.7. The van der Waals surface area contributed by atoms with Crippen LogP contribution < -0.4 is 5.32 Å². The highest BCUT2D eigenvalue weighted by atomic mass is 32.2. The van der Waals surface area contributed by atoms with E-state index in [0.717, 1.165) is 11.5 Å². The van der Waals surface area contributed by atoms with E-state index in [1.54, 1.807) is 22.0 Å². The van der Waals surface area contributed by atoms with Gasteiger partial charge in [0.1, 0.15) is 5.69 Å². The van der Waals surface area contributed by atoms with Crippen LogP contribution in [0.25, 0.3) is 0 Å². The van der Waals surface area contributed by atoms with Crippen LogP contribution in [0.4, 0.5) is 27.6 Å². The van der Waals surface area contributed by atoms with Crippen LogP contribution in [-0.4, -0.2) is 41.9 Å². The average Bonchev–Trinajstić information content (AvgIpc) is 2.48. The monoisotopic (exact) mass is 326 g/mol. The number of thioether (sulfide) groups is 1. The van der Waals surface area contributed by atoms with Gasteiger partial charge in [-0.05, 0) is 0 Å². The molecule has 0 bridgehead atoms. The van der Waals surface area contributed by atoms with Gasteiger partial charge in [-0.15, -0.1) is 0 Å². The number of halogens is 5. The minimum Gasteiger partial charge on any atom is -0.320 e. The lowest BCUT2D eigenvalue weighted by molar-refractivity contribution is -0.117. The fourth-order valence-electron chi connectivity index (χ4n) is 1.86. The highest BCUT2D eigenvalue weighted by Gasteiger charge is 2.27. The van der Waals surface area contributed by atoms with Crippen molar-refractivity contribution in [3.63, 3.8) is 0 Å². The van der Waals surface area contributed by atoms with Gasteiger partial charge in [0.2, 0.25) is 11.7 Å². The lowest BCUT2D eigenvalue weighted by Crippen LogP contribution is -2.39. The van der Waals surface area contributed by atoms with Crippen LogP contribution in [0.15, 0.2) is 0 Å². The molecule has 1 aromatic carbocycles. The van der Waals surface area contributed by atoms with Crippen LogP contribution in [0.1, 0.15) is 0 Å². The summed E-state index contributed by atoms with van der Waals surface area (Å²) in [5, 5.41) is 1.75. The highest BCUT2D eigenvalue weighted by Crippen LogP contribution is 2.27. The van der Waals surface area contributed by atoms with Gasteiger partial charge in [-0.3, -0.25) is 9.69 Å². The van der Waals surface area contributed by atoms with Crippen molar-refractivity contribution in [2.45, 2.75) is 0 Å². The fraction of sp³-hybridized carbons (Fsp3) is 0.417. The minimum atomic E-state index is -2.25. The summed E-state index contributed by atoms with van der Waals surface area (Å²) >= 11 is 1.71.